The van der Waals surface area contributed by atoms with Gasteiger partial charge in [0.1, 0.15) is 0 Å². The molecule has 3 aromatic carbocycles. The topological polar surface area (TPSA) is 172 Å². The highest BCUT2D eigenvalue weighted by Gasteiger charge is 2.22. The minimum Gasteiger partial charge on any atom is -0.493 e. The summed E-state index contributed by atoms with van der Waals surface area (Å²) in [5.41, 5.74) is 0.0688. The fraction of sp³-hybridized carbons (Fsp3) is 0.0455. The molecule has 0 aliphatic heterocycles. The number of hydrogen-bond acceptors (Lipinski definition) is 9. The lowest BCUT2D eigenvalue weighted by atomic mass is 10.0. The lowest BCUT2D eigenvalue weighted by Crippen LogP contribution is -1.97. The van der Waals surface area contributed by atoms with Gasteiger partial charge >= 0.3 is 5.69 Å². The van der Waals surface area contributed by atoms with Crippen LogP contribution in [0.25, 0.3) is 11.6 Å². The summed E-state index contributed by atoms with van der Waals surface area (Å²) in [4.78, 5) is 31.0. The van der Waals surface area contributed by atoms with Gasteiger partial charge in [0.2, 0.25) is 5.75 Å². The second-order valence-electron chi connectivity index (χ2n) is 6.65. The van der Waals surface area contributed by atoms with Crippen molar-refractivity contribution in [1.82, 2.24) is 0 Å². The summed E-state index contributed by atoms with van der Waals surface area (Å²) in [5.74, 6) is 0.0635. The van der Waals surface area contributed by atoms with Gasteiger partial charge in [-0.15, -0.1) is 0 Å². The SMILES string of the molecule is COc1cc(/C=C(\C#N)c2ccc([N+](=O)[O-])cc2)ccc1Oc1ccc([N+](=O)[O-])cc1[N+](=O)[O-]. The van der Waals surface area contributed by atoms with Crippen molar-refractivity contribution in [2.24, 2.45) is 0 Å². The highest BCUT2D eigenvalue weighted by atomic mass is 16.6. The standard InChI is InChI=1S/C22H14N4O8/c1-33-22-11-14(10-16(13-23)15-3-5-17(6-4-15)24(27)28)2-8-21(22)34-20-9-7-18(25(29)30)12-19(20)26(31)32/h2-12H,1H3/b16-10+. The van der Waals surface area contributed by atoms with Crippen molar-refractivity contribution in [3.05, 3.63) is 102 Å². The highest BCUT2D eigenvalue weighted by molar-refractivity contribution is 5.90. The van der Waals surface area contributed by atoms with E-state index in [0.717, 1.165) is 18.2 Å². The van der Waals surface area contributed by atoms with E-state index in [0.29, 0.717) is 11.1 Å². The third-order valence-electron chi connectivity index (χ3n) is 4.58. The molecule has 0 N–H and O–H groups in total. The first kappa shape index (κ1) is 23.4. The second-order valence-corrected chi connectivity index (χ2v) is 6.65. The molecule has 0 radical (unpaired) electrons. The first-order chi connectivity index (χ1) is 16.2. The van der Waals surface area contributed by atoms with Gasteiger partial charge in [0.05, 0.1) is 39.6 Å². The van der Waals surface area contributed by atoms with Gasteiger partial charge in [-0.3, -0.25) is 30.3 Å². The van der Waals surface area contributed by atoms with E-state index in [2.05, 4.69) is 0 Å². The summed E-state index contributed by atoms with van der Waals surface area (Å²) < 4.78 is 10.9. The van der Waals surface area contributed by atoms with E-state index in [1.54, 1.807) is 6.07 Å². The van der Waals surface area contributed by atoms with E-state index in [4.69, 9.17) is 9.47 Å². The van der Waals surface area contributed by atoms with Crippen molar-refractivity contribution in [3.8, 4) is 23.3 Å². The highest BCUT2D eigenvalue weighted by Crippen LogP contribution is 2.38. The Balaban J connectivity index is 1.94. The number of methoxy groups -OCH3 is 1. The fourth-order valence-electron chi connectivity index (χ4n) is 2.93. The van der Waals surface area contributed by atoms with Crippen molar-refractivity contribution in [2.45, 2.75) is 0 Å². The van der Waals surface area contributed by atoms with Gasteiger partial charge in [-0.25, -0.2) is 0 Å². The van der Waals surface area contributed by atoms with Crippen molar-refractivity contribution >= 4 is 28.7 Å². The lowest BCUT2D eigenvalue weighted by molar-refractivity contribution is -0.394. The molecule has 0 amide bonds. The van der Waals surface area contributed by atoms with E-state index >= 15 is 0 Å². The average molecular weight is 462 g/mol. The van der Waals surface area contributed by atoms with Crippen LogP contribution in [0.3, 0.4) is 0 Å². The van der Waals surface area contributed by atoms with Crippen LogP contribution in [0.15, 0.2) is 60.7 Å². The first-order valence-electron chi connectivity index (χ1n) is 9.39. The molecule has 0 unspecified atom stereocenters. The molecule has 170 valence electrons. The first-order valence-corrected chi connectivity index (χ1v) is 9.39. The average Bonchev–Trinajstić information content (AvgIpc) is 2.83. The van der Waals surface area contributed by atoms with Gasteiger partial charge in [-0.05, 0) is 47.5 Å². The normalized spacial score (nSPS) is 10.8. The van der Waals surface area contributed by atoms with Crippen LogP contribution in [0.1, 0.15) is 11.1 Å². The van der Waals surface area contributed by atoms with Crippen molar-refractivity contribution in [3.63, 3.8) is 0 Å². The lowest BCUT2D eigenvalue weighted by Gasteiger charge is -2.11. The molecule has 3 aromatic rings. The van der Waals surface area contributed by atoms with Gasteiger partial charge in [0.25, 0.3) is 11.4 Å². The van der Waals surface area contributed by atoms with Crippen LogP contribution < -0.4 is 9.47 Å². The summed E-state index contributed by atoms with van der Waals surface area (Å²) >= 11 is 0. The molecule has 12 heteroatoms. The molecule has 0 saturated heterocycles. The zero-order valence-corrected chi connectivity index (χ0v) is 17.4. The molecule has 3 rings (SSSR count). The van der Waals surface area contributed by atoms with E-state index in [9.17, 15) is 35.6 Å². The number of allylic oxidation sites excluding steroid dienone is 1. The minimum atomic E-state index is -0.796. The van der Waals surface area contributed by atoms with Gasteiger partial charge < -0.3 is 9.47 Å². The summed E-state index contributed by atoms with van der Waals surface area (Å²) in [5, 5.41) is 42.6. The summed E-state index contributed by atoms with van der Waals surface area (Å²) in [6.45, 7) is 0. The van der Waals surface area contributed by atoms with E-state index in [-0.39, 0.29) is 28.5 Å². The molecule has 0 aliphatic carbocycles. The van der Waals surface area contributed by atoms with Crippen LogP contribution in [-0.2, 0) is 0 Å². The van der Waals surface area contributed by atoms with E-state index in [1.807, 2.05) is 6.07 Å². The molecule has 0 heterocycles. The van der Waals surface area contributed by atoms with Crippen LogP contribution in [0.4, 0.5) is 17.1 Å². The quantitative estimate of drug-likeness (QED) is 0.187. The zero-order valence-electron chi connectivity index (χ0n) is 17.4. The molecule has 0 aliphatic rings. The Morgan fingerprint density at radius 3 is 2.00 bits per heavy atom. The molecule has 0 atom stereocenters. The number of nitro groups is 3. The van der Waals surface area contributed by atoms with Gasteiger partial charge in [0.15, 0.2) is 11.5 Å². The smallest absolute Gasteiger partial charge is 0.318 e. The summed E-state index contributed by atoms with van der Waals surface area (Å²) in [7, 11) is 1.35. The van der Waals surface area contributed by atoms with Crippen LogP contribution in [0, 0.1) is 41.7 Å². The fourth-order valence-corrected chi connectivity index (χ4v) is 2.93. The molecule has 34 heavy (non-hydrogen) atoms. The number of non-ortho nitro benzene ring substituents is 2. The van der Waals surface area contributed by atoms with E-state index in [1.165, 1.54) is 49.6 Å². The number of nitrogens with zero attached hydrogens (tertiary/aromatic N) is 4. The van der Waals surface area contributed by atoms with Crippen molar-refractivity contribution in [1.29, 1.82) is 5.26 Å². The largest absolute Gasteiger partial charge is 0.493 e. The summed E-state index contributed by atoms with van der Waals surface area (Å²) in [6.07, 6.45) is 1.53. The summed E-state index contributed by atoms with van der Waals surface area (Å²) in [6, 6.07) is 15.1. The van der Waals surface area contributed by atoms with Gasteiger partial charge in [-0.2, -0.15) is 5.26 Å². The Labute approximate surface area is 191 Å². The van der Waals surface area contributed by atoms with Crippen LogP contribution in [0.2, 0.25) is 0 Å². The monoisotopic (exact) mass is 462 g/mol. The van der Waals surface area contributed by atoms with Crippen LogP contribution >= 0.6 is 0 Å². The van der Waals surface area contributed by atoms with Gasteiger partial charge in [-0.1, -0.05) is 6.07 Å². The molecule has 0 aromatic heterocycles. The maximum atomic E-state index is 11.3. The number of nitro benzene ring substituents is 3. The zero-order chi connectivity index (χ0) is 24.8. The molecule has 12 nitrogen and oxygen atoms in total. The molecule has 0 fully saturated rings. The third-order valence-corrected chi connectivity index (χ3v) is 4.58. The second kappa shape index (κ2) is 9.88. The Morgan fingerprint density at radius 2 is 1.44 bits per heavy atom. The van der Waals surface area contributed by atoms with Crippen molar-refractivity contribution in [2.75, 3.05) is 7.11 Å². The predicted octanol–water partition coefficient (Wildman–Crippen LogP) is 5.28. The molecular weight excluding hydrogens is 448 g/mol. The van der Waals surface area contributed by atoms with E-state index < -0.39 is 26.1 Å². The number of benzene rings is 3. The Bertz CT molecular complexity index is 1360. The van der Waals surface area contributed by atoms with Gasteiger partial charge in [0, 0.05) is 18.2 Å². The number of rotatable bonds is 8. The maximum Gasteiger partial charge on any atom is 0.318 e. The Morgan fingerprint density at radius 1 is 0.824 bits per heavy atom. The predicted molar refractivity (Wildman–Crippen MR) is 119 cm³/mol. The number of nitriles is 1. The maximum absolute atomic E-state index is 11.3. The molecule has 0 bridgehead atoms. The minimum absolute atomic E-state index is 0.102. The van der Waals surface area contributed by atoms with Crippen LogP contribution in [0.5, 0.6) is 17.2 Å². The third kappa shape index (κ3) is 5.11. The molecule has 0 saturated carbocycles. The molecular formula is C22H14N4O8. The van der Waals surface area contributed by atoms with Crippen LogP contribution in [-0.4, -0.2) is 21.9 Å². The molecule has 0 spiro atoms. The van der Waals surface area contributed by atoms with Crippen molar-refractivity contribution < 1.29 is 24.2 Å². The Kier molecular flexibility index (Phi) is 6.78. The Hall–Kier alpha value is -5.31. The number of ether oxygens (including phenoxy) is 2. The number of hydrogen-bond donors (Lipinski definition) is 0.